The molecule has 7 amide bonds. The summed E-state index contributed by atoms with van der Waals surface area (Å²) in [6.07, 6.45) is 6.85. The largest absolute Gasteiger partial charge is 0.483 e. The summed E-state index contributed by atoms with van der Waals surface area (Å²) < 4.78 is 7.20. The number of ether oxygens (including phenoxy) is 1. The number of aryl methyl sites for hydroxylation is 1. The number of nitrogens with one attached hydrogen (secondary N) is 3. The number of unbranched alkanes of at least 4 members (excludes halogenated alkanes) is 4. The number of aromatic nitrogens is 2. The van der Waals surface area contributed by atoms with Gasteiger partial charge in [-0.2, -0.15) is 0 Å². The fourth-order valence-electron chi connectivity index (χ4n) is 9.61. The van der Waals surface area contributed by atoms with Gasteiger partial charge in [-0.05, 0) is 97.3 Å². The van der Waals surface area contributed by atoms with Crippen molar-refractivity contribution in [3.05, 3.63) is 146 Å². The standard InChI is InChI=1S/C57H64N8O9/c1-36-41(13-11-15-43(36)60-51(68)38-21-23-40(24-22-38)57(2,3)4)45-34-62(5)55(72)44(59-45)33-37-17-19-39(20-18-37)53(70)64-31-29-63(30-32-64)28-10-8-6-7-9-27-58-49(67)35-74-47-16-12-14-42-50(47)56(73)65(54(42)71)46-25-26-48(66)61-52(46)69/h11-24,34,46H,6-10,25-33,35H2,1-5H3,(H,58,67)(H,60,68)(H,61,66,69). The van der Waals surface area contributed by atoms with Gasteiger partial charge in [0.05, 0.1) is 16.8 Å². The first-order valence-corrected chi connectivity index (χ1v) is 25.4. The lowest BCUT2D eigenvalue weighted by atomic mass is 9.86. The zero-order chi connectivity index (χ0) is 52.7. The van der Waals surface area contributed by atoms with Crippen LogP contribution in [0.2, 0.25) is 0 Å². The van der Waals surface area contributed by atoms with Gasteiger partial charge in [-0.3, -0.25) is 53.5 Å². The second kappa shape index (κ2) is 23.0. The lowest BCUT2D eigenvalue weighted by molar-refractivity contribution is -0.136. The highest BCUT2D eigenvalue weighted by atomic mass is 16.5. The van der Waals surface area contributed by atoms with Gasteiger partial charge in [0.1, 0.15) is 17.5 Å². The molecule has 0 saturated carbocycles. The number of imide groups is 2. The summed E-state index contributed by atoms with van der Waals surface area (Å²) in [4.78, 5) is 113. The van der Waals surface area contributed by atoms with E-state index in [1.807, 2.05) is 78.6 Å². The molecule has 0 spiro atoms. The van der Waals surface area contributed by atoms with Crippen molar-refractivity contribution in [2.75, 3.05) is 51.2 Å². The molecule has 8 rings (SSSR count). The Morgan fingerprint density at radius 1 is 0.784 bits per heavy atom. The number of carbonyl (C=O) groups excluding carboxylic acids is 7. The van der Waals surface area contributed by atoms with Gasteiger partial charge in [0.15, 0.2) is 6.61 Å². The van der Waals surface area contributed by atoms with Crippen molar-refractivity contribution < 1.29 is 38.3 Å². The Hall–Kier alpha value is -7.79. The molecule has 5 aromatic rings. The van der Waals surface area contributed by atoms with E-state index >= 15 is 0 Å². The first-order chi connectivity index (χ1) is 35.5. The molecule has 0 radical (unpaired) electrons. The van der Waals surface area contributed by atoms with Crippen molar-refractivity contribution in [1.82, 2.24) is 34.9 Å². The fourth-order valence-corrected chi connectivity index (χ4v) is 9.61. The van der Waals surface area contributed by atoms with Gasteiger partial charge >= 0.3 is 0 Å². The minimum atomic E-state index is -1.10. The number of benzene rings is 4. The van der Waals surface area contributed by atoms with Crippen molar-refractivity contribution in [1.29, 1.82) is 0 Å². The van der Waals surface area contributed by atoms with Crippen LogP contribution in [0.3, 0.4) is 0 Å². The molecule has 386 valence electrons. The van der Waals surface area contributed by atoms with Crippen LogP contribution in [-0.4, -0.2) is 118 Å². The van der Waals surface area contributed by atoms with Gasteiger partial charge in [0.2, 0.25) is 11.8 Å². The maximum absolute atomic E-state index is 13.5. The topological polar surface area (TPSA) is 209 Å². The minimum absolute atomic E-state index is 0.00349. The molecule has 3 N–H and O–H groups in total. The number of fused-ring (bicyclic) bond motifs is 1. The van der Waals surface area contributed by atoms with Crippen molar-refractivity contribution in [2.24, 2.45) is 7.05 Å². The number of piperazine rings is 1. The summed E-state index contributed by atoms with van der Waals surface area (Å²) in [5.41, 5.74) is 6.26. The van der Waals surface area contributed by atoms with E-state index in [0.29, 0.717) is 47.8 Å². The molecular formula is C57H64N8O9. The number of carbonyl (C=O) groups is 7. The smallest absolute Gasteiger partial charge is 0.272 e. The number of amides is 7. The number of piperidine rings is 1. The molecule has 1 aromatic heterocycles. The van der Waals surface area contributed by atoms with Crippen LogP contribution in [-0.2, 0) is 33.3 Å². The first kappa shape index (κ1) is 52.5. The Kier molecular flexibility index (Phi) is 16.3. The normalized spacial score (nSPS) is 16.0. The average molecular weight is 1010 g/mol. The van der Waals surface area contributed by atoms with Crippen LogP contribution in [0.5, 0.6) is 5.75 Å². The molecule has 3 aliphatic rings. The van der Waals surface area contributed by atoms with Gasteiger partial charge in [0.25, 0.3) is 35.1 Å². The summed E-state index contributed by atoms with van der Waals surface area (Å²) in [7, 11) is 1.70. The minimum Gasteiger partial charge on any atom is -0.483 e. The van der Waals surface area contributed by atoms with E-state index < -0.39 is 29.7 Å². The van der Waals surface area contributed by atoms with Crippen LogP contribution >= 0.6 is 0 Å². The van der Waals surface area contributed by atoms with Crippen molar-refractivity contribution >= 4 is 47.0 Å². The molecule has 2 fully saturated rings. The molecule has 1 unspecified atom stereocenters. The predicted octanol–water partition coefficient (Wildman–Crippen LogP) is 6.20. The van der Waals surface area contributed by atoms with Gasteiger partial charge in [-0.15, -0.1) is 0 Å². The molecule has 4 aromatic carbocycles. The Morgan fingerprint density at radius 3 is 2.18 bits per heavy atom. The lowest BCUT2D eigenvalue weighted by Gasteiger charge is -2.34. The van der Waals surface area contributed by atoms with Gasteiger partial charge < -0.3 is 24.8 Å². The van der Waals surface area contributed by atoms with Gasteiger partial charge in [0, 0.05) is 81.2 Å². The maximum atomic E-state index is 13.5. The van der Waals surface area contributed by atoms with Crippen molar-refractivity contribution in [3.8, 4) is 17.0 Å². The molecule has 17 heteroatoms. The van der Waals surface area contributed by atoms with E-state index in [4.69, 9.17) is 9.72 Å². The van der Waals surface area contributed by atoms with Gasteiger partial charge in [-0.25, -0.2) is 4.98 Å². The van der Waals surface area contributed by atoms with E-state index in [1.54, 1.807) is 19.3 Å². The van der Waals surface area contributed by atoms with E-state index in [1.165, 1.54) is 16.7 Å². The number of rotatable bonds is 18. The fraction of sp³-hybridized carbons (Fsp3) is 0.386. The third kappa shape index (κ3) is 12.2. The van der Waals surface area contributed by atoms with E-state index in [9.17, 15) is 38.4 Å². The summed E-state index contributed by atoms with van der Waals surface area (Å²) in [5.74, 6) is -3.02. The zero-order valence-corrected chi connectivity index (χ0v) is 42.8. The molecule has 17 nitrogen and oxygen atoms in total. The number of hydrogen-bond donors (Lipinski definition) is 3. The quantitative estimate of drug-likeness (QED) is 0.0665. The highest BCUT2D eigenvalue weighted by Gasteiger charge is 2.46. The monoisotopic (exact) mass is 1000 g/mol. The Labute approximate surface area is 430 Å². The summed E-state index contributed by atoms with van der Waals surface area (Å²) >= 11 is 0. The molecule has 2 saturated heterocycles. The predicted molar refractivity (Wildman–Crippen MR) is 279 cm³/mol. The molecule has 1 atom stereocenters. The van der Waals surface area contributed by atoms with E-state index in [2.05, 4.69) is 41.6 Å². The van der Waals surface area contributed by atoms with Crippen LogP contribution in [0.4, 0.5) is 5.69 Å². The second-order valence-corrected chi connectivity index (χ2v) is 20.3. The first-order valence-electron chi connectivity index (χ1n) is 25.4. The number of nitrogens with zero attached hydrogens (tertiary/aromatic N) is 5. The van der Waals surface area contributed by atoms with E-state index in [-0.39, 0.29) is 71.4 Å². The number of anilines is 1. The van der Waals surface area contributed by atoms with Crippen LogP contribution in [0.25, 0.3) is 11.3 Å². The second-order valence-electron chi connectivity index (χ2n) is 20.3. The van der Waals surface area contributed by atoms with Crippen molar-refractivity contribution in [3.63, 3.8) is 0 Å². The highest BCUT2D eigenvalue weighted by Crippen LogP contribution is 2.34. The number of hydrogen-bond acceptors (Lipinski definition) is 11. The maximum Gasteiger partial charge on any atom is 0.272 e. The SMILES string of the molecule is Cc1c(NC(=O)c2ccc(C(C)(C)C)cc2)cccc1-c1cn(C)c(=O)c(Cc2ccc(C(=O)N3CCN(CCCCCCCNC(=O)COc4cccc5c4C(=O)N(C4CCC(=O)NC4=O)C5=O)CC3)cc2)n1. The molecule has 0 bridgehead atoms. The summed E-state index contributed by atoms with van der Waals surface area (Å²) in [6.45, 7) is 12.2. The molecule has 3 aliphatic heterocycles. The van der Waals surface area contributed by atoms with Crippen LogP contribution < -0.4 is 26.2 Å². The van der Waals surface area contributed by atoms with Crippen LogP contribution in [0.15, 0.2) is 95.9 Å². The summed E-state index contributed by atoms with van der Waals surface area (Å²) in [6, 6.07) is 24.1. The van der Waals surface area contributed by atoms with Crippen LogP contribution in [0.1, 0.15) is 130 Å². The highest BCUT2D eigenvalue weighted by molar-refractivity contribution is 6.24. The van der Waals surface area contributed by atoms with E-state index in [0.717, 1.165) is 78.9 Å². The third-order valence-corrected chi connectivity index (χ3v) is 14.0. The molecule has 74 heavy (non-hydrogen) atoms. The van der Waals surface area contributed by atoms with Crippen LogP contribution in [0, 0.1) is 6.92 Å². The van der Waals surface area contributed by atoms with Gasteiger partial charge in [-0.1, -0.05) is 82.5 Å². The Bertz CT molecular complexity index is 3020. The molecule has 4 heterocycles. The third-order valence-electron chi connectivity index (χ3n) is 14.0. The Balaban J connectivity index is 0.725. The Morgan fingerprint density at radius 2 is 1.46 bits per heavy atom. The zero-order valence-electron chi connectivity index (χ0n) is 42.8. The lowest BCUT2D eigenvalue weighted by Crippen LogP contribution is -2.54. The summed E-state index contributed by atoms with van der Waals surface area (Å²) in [5, 5.41) is 8.07. The van der Waals surface area contributed by atoms with Crippen molar-refractivity contribution in [2.45, 2.75) is 90.5 Å². The average Bonchev–Trinajstić information content (AvgIpc) is 3.64. The molecular weight excluding hydrogens is 941 g/mol. The molecule has 0 aliphatic carbocycles.